The van der Waals surface area contributed by atoms with Crippen LogP contribution >= 0.6 is 11.6 Å². The lowest BCUT2D eigenvalue weighted by Gasteiger charge is -2.07. The Morgan fingerprint density at radius 1 is 1.05 bits per heavy atom. The molecule has 0 aromatic heterocycles. The molecular weight excluding hydrogens is 314 g/mol. The molecule has 0 radical (unpaired) electrons. The van der Waals surface area contributed by atoms with E-state index in [1.807, 2.05) is 0 Å². The summed E-state index contributed by atoms with van der Waals surface area (Å²) in [6.45, 7) is -0.108. The second-order valence-corrected chi connectivity index (χ2v) is 6.13. The van der Waals surface area contributed by atoms with Crippen molar-refractivity contribution < 1.29 is 17.4 Å². The Morgan fingerprint density at radius 3 is 2.14 bits per heavy atom. The fourth-order valence-electron chi connectivity index (χ4n) is 1.59. The zero-order chi connectivity index (χ0) is 15.5. The molecular formula is C14H12ClNO4S. The van der Waals surface area contributed by atoms with Gasteiger partial charge in [-0.15, -0.1) is 0 Å². The average molecular weight is 326 g/mol. The molecule has 0 saturated heterocycles. The van der Waals surface area contributed by atoms with Gasteiger partial charge in [0.25, 0.3) is 0 Å². The molecule has 0 aliphatic heterocycles. The Bertz CT molecular complexity index is 740. The largest absolute Gasteiger partial charge is 0.379 e. The van der Waals surface area contributed by atoms with Gasteiger partial charge in [0.1, 0.15) is 10.6 Å². The van der Waals surface area contributed by atoms with Gasteiger partial charge in [0, 0.05) is 10.6 Å². The molecule has 0 bridgehead atoms. The van der Waals surface area contributed by atoms with Gasteiger partial charge in [-0.05, 0) is 48.5 Å². The topological polar surface area (TPSA) is 86.5 Å². The molecule has 2 aromatic rings. The smallest absolute Gasteiger partial charge is 0.339 e. The van der Waals surface area contributed by atoms with Gasteiger partial charge in [0.15, 0.2) is 5.78 Å². The number of benzene rings is 2. The average Bonchev–Trinajstić information content (AvgIpc) is 2.47. The van der Waals surface area contributed by atoms with E-state index >= 15 is 0 Å². The number of nitrogens with two attached hydrogens (primary N) is 1. The van der Waals surface area contributed by atoms with Gasteiger partial charge < -0.3 is 9.92 Å². The Labute approximate surface area is 127 Å². The Hall–Kier alpha value is -1.89. The van der Waals surface area contributed by atoms with E-state index in [1.54, 1.807) is 0 Å². The molecule has 0 saturated carbocycles. The highest BCUT2D eigenvalue weighted by atomic mass is 35.5. The van der Waals surface area contributed by atoms with Crippen molar-refractivity contribution in [3.8, 4) is 5.75 Å². The fraction of sp³-hybridized carbons (Fsp3) is 0.0714. The lowest BCUT2D eigenvalue weighted by Crippen LogP contribution is -2.13. The normalized spacial score (nSPS) is 11.1. The van der Waals surface area contributed by atoms with E-state index in [4.69, 9.17) is 21.5 Å². The number of rotatable bonds is 5. The van der Waals surface area contributed by atoms with Crippen molar-refractivity contribution in [3.05, 3.63) is 59.1 Å². The van der Waals surface area contributed by atoms with Crippen molar-refractivity contribution in [1.29, 1.82) is 0 Å². The molecule has 0 unspecified atom stereocenters. The van der Waals surface area contributed by atoms with E-state index < -0.39 is 10.1 Å². The van der Waals surface area contributed by atoms with Crippen LogP contribution < -0.4 is 9.92 Å². The molecule has 5 nitrogen and oxygen atoms in total. The predicted molar refractivity (Wildman–Crippen MR) is 79.1 cm³/mol. The first-order valence-electron chi connectivity index (χ1n) is 5.96. The van der Waals surface area contributed by atoms with Gasteiger partial charge in [0.2, 0.25) is 0 Å². The summed E-state index contributed by atoms with van der Waals surface area (Å²) >= 11 is 5.70. The molecule has 2 aromatic carbocycles. The standard InChI is InChI=1S/C14H12ClNO4S/c15-11-3-7-13(8-4-11)21(18,19)20-12-5-1-10(2-6-12)14(17)9-16/h1-8H,9,16H2. The molecule has 0 aliphatic carbocycles. The van der Waals surface area contributed by atoms with Crippen LogP contribution in [0.25, 0.3) is 0 Å². The second kappa shape index (κ2) is 6.26. The van der Waals surface area contributed by atoms with Crippen molar-refractivity contribution in [1.82, 2.24) is 0 Å². The third-order valence-electron chi connectivity index (χ3n) is 2.67. The van der Waals surface area contributed by atoms with Gasteiger partial charge in [-0.2, -0.15) is 8.42 Å². The summed E-state index contributed by atoms with van der Waals surface area (Å²) < 4.78 is 29.1. The summed E-state index contributed by atoms with van der Waals surface area (Å²) in [7, 11) is -3.94. The molecule has 7 heteroatoms. The van der Waals surface area contributed by atoms with E-state index in [-0.39, 0.29) is 23.0 Å². The number of carbonyl (C=O) groups excluding carboxylic acids is 1. The third-order valence-corrected chi connectivity index (χ3v) is 4.18. The van der Waals surface area contributed by atoms with Crippen molar-refractivity contribution in [3.63, 3.8) is 0 Å². The van der Waals surface area contributed by atoms with Crippen molar-refractivity contribution in [2.24, 2.45) is 5.73 Å². The molecule has 110 valence electrons. The van der Waals surface area contributed by atoms with Crippen molar-refractivity contribution in [2.75, 3.05) is 6.54 Å². The summed E-state index contributed by atoms with van der Waals surface area (Å²) in [5.41, 5.74) is 5.64. The quantitative estimate of drug-likeness (QED) is 0.673. The van der Waals surface area contributed by atoms with Crippen LogP contribution in [0.5, 0.6) is 5.75 Å². The Balaban J connectivity index is 2.20. The zero-order valence-corrected chi connectivity index (χ0v) is 12.4. The van der Waals surface area contributed by atoms with Gasteiger partial charge in [-0.1, -0.05) is 11.6 Å². The van der Waals surface area contributed by atoms with Gasteiger partial charge in [-0.25, -0.2) is 0 Å². The second-order valence-electron chi connectivity index (χ2n) is 4.14. The minimum atomic E-state index is -3.94. The maximum atomic E-state index is 12.0. The van der Waals surface area contributed by atoms with Crippen LogP contribution in [0.15, 0.2) is 53.4 Å². The van der Waals surface area contributed by atoms with Crippen LogP contribution in [-0.2, 0) is 10.1 Å². The van der Waals surface area contributed by atoms with Crippen LogP contribution in [0.2, 0.25) is 5.02 Å². The maximum Gasteiger partial charge on any atom is 0.339 e. The lowest BCUT2D eigenvalue weighted by molar-refractivity contribution is 0.100. The first-order valence-corrected chi connectivity index (χ1v) is 7.74. The third kappa shape index (κ3) is 3.81. The maximum absolute atomic E-state index is 12.0. The number of hydrogen-bond donors (Lipinski definition) is 1. The van der Waals surface area contributed by atoms with Crippen LogP contribution in [0.3, 0.4) is 0 Å². The summed E-state index contributed by atoms with van der Waals surface area (Å²) in [6, 6.07) is 11.3. The molecule has 0 spiro atoms. The number of carbonyl (C=O) groups is 1. The Kier molecular flexibility index (Phi) is 4.62. The highest BCUT2D eigenvalue weighted by Gasteiger charge is 2.16. The molecule has 0 aliphatic rings. The molecule has 2 rings (SSSR count). The highest BCUT2D eigenvalue weighted by Crippen LogP contribution is 2.20. The fourth-order valence-corrected chi connectivity index (χ4v) is 2.65. The molecule has 0 atom stereocenters. The Morgan fingerprint density at radius 2 is 1.62 bits per heavy atom. The molecule has 0 heterocycles. The number of hydrogen-bond acceptors (Lipinski definition) is 5. The minimum Gasteiger partial charge on any atom is -0.379 e. The van der Waals surface area contributed by atoms with E-state index in [0.29, 0.717) is 10.6 Å². The SMILES string of the molecule is NCC(=O)c1ccc(OS(=O)(=O)c2ccc(Cl)cc2)cc1. The van der Waals surface area contributed by atoms with Gasteiger partial charge in [-0.3, -0.25) is 4.79 Å². The summed E-state index contributed by atoms with van der Waals surface area (Å²) in [4.78, 5) is 11.4. The van der Waals surface area contributed by atoms with Gasteiger partial charge >= 0.3 is 10.1 Å². The molecule has 0 fully saturated rings. The van der Waals surface area contributed by atoms with E-state index in [2.05, 4.69) is 0 Å². The van der Waals surface area contributed by atoms with Crippen LogP contribution in [0, 0.1) is 0 Å². The van der Waals surface area contributed by atoms with Gasteiger partial charge in [0.05, 0.1) is 6.54 Å². The molecule has 0 amide bonds. The summed E-state index contributed by atoms with van der Waals surface area (Å²) in [6.07, 6.45) is 0. The summed E-state index contributed by atoms with van der Waals surface area (Å²) in [5.74, 6) is -0.124. The highest BCUT2D eigenvalue weighted by molar-refractivity contribution is 7.87. The van der Waals surface area contributed by atoms with E-state index in [1.165, 1.54) is 48.5 Å². The monoisotopic (exact) mass is 325 g/mol. The lowest BCUT2D eigenvalue weighted by atomic mass is 10.1. The first kappa shape index (κ1) is 15.5. The zero-order valence-electron chi connectivity index (χ0n) is 10.8. The number of Topliss-reactive ketones (excluding diaryl/α,β-unsaturated/α-hetero) is 1. The van der Waals surface area contributed by atoms with Crippen LogP contribution in [0.1, 0.15) is 10.4 Å². The minimum absolute atomic E-state index is 0.00555. The molecule has 21 heavy (non-hydrogen) atoms. The number of halogens is 1. The predicted octanol–water partition coefficient (Wildman–Crippen LogP) is 2.25. The number of ketones is 1. The van der Waals surface area contributed by atoms with Crippen LogP contribution in [0.4, 0.5) is 0 Å². The van der Waals surface area contributed by atoms with E-state index in [0.717, 1.165) is 0 Å². The summed E-state index contributed by atoms with van der Waals surface area (Å²) in [5, 5.41) is 0.429. The first-order chi connectivity index (χ1) is 9.92. The van der Waals surface area contributed by atoms with Crippen molar-refractivity contribution >= 4 is 27.5 Å². The van der Waals surface area contributed by atoms with Crippen molar-refractivity contribution in [2.45, 2.75) is 4.90 Å². The van der Waals surface area contributed by atoms with Crippen LogP contribution in [-0.4, -0.2) is 20.7 Å². The molecule has 2 N–H and O–H groups in total. The van der Waals surface area contributed by atoms with E-state index in [9.17, 15) is 13.2 Å².